The topological polar surface area (TPSA) is 99.0 Å². The molecule has 3 heterocycles. The van der Waals surface area contributed by atoms with Crippen LogP contribution in [0.25, 0.3) is 5.69 Å². The van der Waals surface area contributed by atoms with Gasteiger partial charge in [-0.25, -0.2) is 19.0 Å². The van der Waals surface area contributed by atoms with Crippen molar-refractivity contribution in [2.45, 2.75) is 18.8 Å². The second-order valence-electron chi connectivity index (χ2n) is 7.00. The first-order valence-electron chi connectivity index (χ1n) is 9.27. The lowest BCUT2D eigenvalue weighted by Gasteiger charge is -2.32. The number of aromatic nitrogens is 4. The van der Waals surface area contributed by atoms with Crippen molar-refractivity contribution in [2.24, 2.45) is 7.05 Å². The summed E-state index contributed by atoms with van der Waals surface area (Å²) in [4.78, 5) is 31.3. The summed E-state index contributed by atoms with van der Waals surface area (Å²) in [5.41, 5.74) is 6.83. The number of nitrogens with zero attached hydrogens (tertiary/aromatic N) is 5. The number of para-hydroxylation sites is 1. The molecule has 1 amide bonds. The van der Waals surface area contributed by atoms with Gasteiger partial charge in [0.05, 0.1) is 5.69 Å². The molecule has 28 heavy (non-hydrogen) atoms. The van der Waals surface area contributed by atoms with Crippen LogP contribution < -0.4 is 11.4 Å². The maximum atomic E-state index is 12.9. The summed E-state index contributed by atoms with van der Waals surface area (Å²) >= 11 is 0. The molecule has 1 aromatic carbocycles. The van der Waals surface area contributed by atoms with Gasteiger partial charge in [-0.2, -0.15) is 5.10 Å². The zero-order valence-corrected chi connectivity index (χ0v) is 15.7. The SMILES string of the molecule is Cn1nc([C@H]2CCCN(C(=O)c3ccnc(N)c3)C2)n(-c2ccccc2)c1=O. The molecule has 1 saturated heterocycles. The molecule has 8 nitrogen and oxygen atoms in total. The Bertz CT molecular complexity index is 1060. The van der Waals surface area contributed by atoms with Crippen molar-refractivity contribution in [3.63, 3.8) is 0 Å². The molecular weight excluding hydrogens is 356 g/mol. The van der Waals surface area contributed by atoms with E-state index in [1.165, 1.54) is 10.9 Å². The van der Waals surface area contributed by atoms with E-state index in [0.29, 0.717) is 30.3 Å². The van der Waals surface area contributed by atoms with Crippen molar-refractivity contribution in [2.75, 3.05) is 18.8 Å². The highest BCUT2D eigenvalue weighted by Gasteiger charge is 2.30. The van der Waals surface area contributed by atoms with E-state index in [4.69, 9.17) is 5.73 Å². The summed E-state index contributed by atoms with van der Waals surface area (Å²) < 4.78 is 3.00. The van der Waals surface area contributed by atoms with Gasteiger partial charge in [-0.15, -0.1) is 0 Å². The van der Waals surface area contributed by atoms with Crippen molar-refractivity contribution < 1.29 is 4.79 Å². The Balaban J connectivity index is 1.65. The number of carbonyl (C=O) groups is 1. The van der Waals surface area contributed by atoms with Crippen molar-refractivity contribution in [3.8, 4) is 5.69 Å². The van der Waals surface area contributed by atoms with Crippen LogP contribution in [0.15, 0.2) is 53.5 Å². The van der Waals surface area contributed by atoms with Crippen LogP contribution in [0.4, 0.5) is 5.82 Å². The van der Waals surface area contributed by atoms with Gasteiger partial charge in [-0.05, 0) is 37.1 Å². The molecule has 0 bridgehead atoms. The van der Waals surface area contributed by atoms with E-state index in [9.17, 15) is 9.59 Å². The van der Waals surface area contributed by atoms with Crippen LogP contribution in [-0.2, 0) is 7.05 Å². The van der Waals surface area contributed by atoms with Gasteiger partial charge in [0.25, 0.3) is 5.91 Å². The summed E-state index contributed by atoms with van der Waals surface area (Å²) in [6, 6.07) is 12.7. The zero-order chi connectivity index (χ0) is 19.7. The average Bonchev–Trinajstić information content (AvgIpc) is 3.03. The van der Waals surface area contributed by atoms with Gasteiger partial charge < -0.3 is 10.6 Å². The van der Waals surface area contributed by atoms with Crippen molar-refractivity contribution in [1.82, 2.24) is 24.2 Å². The molecule has 2 aromatic heterocycles. The molecule has 2 N–H and O–H groups in total. The molecule has 0 radical (unpaired) electrons. The molecule has 144 valence electrons. The first kappa shape index (κ1) is 18.0. The molecule has 1 fully saturated rings. The number of benzene rings is 1. The van der Waals surface area contributed by atoms with Gasteiger partial charge >= 0.3 is 5.69 Å². The van der Waals surface area contributed by atoms with Crippen molar-refractivity contribution in [3.05, 3.63) is 70.5 Å². The third-order valence-electron chi connectivity index (χ3n) is 5.07. The molecule has 1 aliphatic heterocycles. The van der Waals surface area contributed by atoms with Gasteiger partial charge in [0, 0.05) is 37.8 Å². The third-order valence-corrected chi connectivity index (χ3v) is 5.07. The average molecular weight is 378 g/mol. The molecule has 0 saturated carbocycles. The third kappa shape index (κ3) is 3.28. The number of rotatable bonds is 3. The number of anilines is 1. The standard InChI is InChI=1S/C20H22N6O2/c1-24-20(28)26(16-7-3-2-4-8-16)18(23-24)15-6-5-11-25(13-15)19(27)14-9-10-22-17(21)12-14/h2-4,7-10,12,15H,5-6,11,13H2,1H3,(H2,21,22)/t15-/m0/s1. The molecule has 1 aliphatic rings. The summed E-state index contributed by atoms with van der Waals surface area (Å²) in [6.45, 7) is 1.17. The minimum absolute atomic E-state index is 0.0222. The minimum Gasteiger partial charge on any atom is -0.384 e. The highest BCUT2D eigenvalue weighted by Crippen LogP contribution is 2.27. The molecule has 1 atom stereocenters. The first-order valence-corrected chi connectivity index (χ1v) is 9.27. The number of amides is 1. The number of likely N-dealkylation sites (tertiary alicyclic amines) is 1. The van der Waals surface area contributed by atoms with Crippen LogP contribution in [-0.4, -0.2) is 43.2 Å². The minimum atomic E-state index is -0.188. The molecule has 4 rings (SSSR count). The van der Waals surface area contributed by atoms with Gasteiger partial charge in [-0.3, -0.25) is 4.79 Å². The quantitative estimate of drug-likeness (QED) is 0.746. The smallest absolute Gasteiger partial charge is 0.350 e. The molecule has 0 spiro atoms. The van der Waals surface area contributed by atoms with Gasteiger partial charge in [0.2, 0.25) is 0 Å². The molecular formula is C20H22N6O2. The number of nitrogen functional groups attached to an aromatic ring is 1. The van der Waals surface area contributed by atoms with Crippen LogP contribution in [0.2, 0.25) is 0 Å². The lowest BCUT2D eigenvalue weighted by molar-refractivity contribution is 0.0703. The van der Waals surface area contributed by atoms with Gasteiger partial charge in [0.1, 0.15) is 11.6 Å². The molecule has 8 heteroatoms. The number of aryl methyl sites for hydroxylation is 1. The predicted octanol–water partition coefficient (Wildman–Crippen LogP) is 1.57. The number of carbonyl (C=O) groups excluding carboxylic acids is 1. The zero-order valence-electron chi connectivity index (χ0n) is 15.7. The fourth-order valence-corrected chi connectivity index (χ4v) is 3.70. The van der Waals surface area contributed by atoms with E-state index in [0.717, 1.165) is 18.5 Å². The van der Waals surface area contributed by atoms with E-state index < -0.39 is 0 Å². The lowest BCUT2D eigenvalue weighted by atomic mass is 9.96. The summed E-state index contributed by atoms with van der Waals surface area (Å²) in [5, 5.41) is 4.49. The Morgan fingerprint density at radius 3 is 2.75 bits per heavy atom. The largest absolute Gasteiger partial charge is 0.384 e. The van der Waals surface area contributed by atoms with E-state index in [1.54, 1.807) is 28.6 Å². The highest BCUT2D eigenvalue weighted by atomic mass is 16.2. The Labute approximate surface area is 162 Å². The van der Waals surface area contributed by atoms with Crippen LogP contribution in [0, 0.1) is 0 Å². The van der Waals surface area contributed by atoms with E-state index >= 15 is 0 Å². The van der Waals surface area contributed by atoms with Crippen molar-refractivity contribution in [1.29, 1.82) is 0 Å². The number of hydrogen-bond acceptors (Lipinski definition) is 5. The van der Waals surface area contributed by atoms with Crippen LogP contribution >= 0.6 is 0 Å². The number of nitrogens with two attached hydrogens (primary N) is 1. The maximum absolute atomic E-state index is 12.9. The number of hydrogen-bond donors (Lipinski definition) is 1. The Morgan fingerprint density at radius 2 is 2.00 bits per heavy atom. The number of piperidine rings is 1. The second-order valence-corrected chi connectivity index (χ2v) is 7.00. The normalized spacial score (nSPS) is 16.9. The van der Waals surface area contributed by atoms with E-state index in [1.807, 2.05) is 30.3 Å². The first-order chi connectivity index (χ1) is 13.5. The van der Waals surface area contributed by atoms with E-state index in [2.05, 4.69) is 10.1 Å². The van der Waals surface area contributed by atoms with Gasteiger partial charge in [-0.1, -0.05) is 18.2 Å². The predicted molar refractivity (Wildman–Crippen MR) is 105 cm³/mol. The van der Waals surface area contributed by atoms with E-state index in [-0.39, 0.29) is 17.5 Å². The molecule has 0 aliphatic carbocycles. The van der Waals surface area contributed by atoms with Crippen LogP contribution in [0.1, 0.15) is 34.9 Å². The second kappa shape index (κ2) is 7.30. The highest BCUT2D eigenvalue weighted by molar-refractivity contribution is 5.94. The van der Waals surface area contributed by atoms with Crippen LogP contribution in [0.3, 0.4) is 0 Å². The summed E-state index contributed by atoms with van der Waals surface area (Å²) in [7, 11) is 1.65. The Morgan fingerprint density at radius 1 is 1.21 bits per heavy atom. The fraction of sp³-hybridized carbons (Fsp3) is 0.300. The van der Waals surface area contributed by atoms with Crippen molar-refractivity contribution >= 4 is 11.7 Å². The fourth-order valence-electron chi connectivity index (χ4n) is 3.70. The van der Waals surface area contributed by atoms with Gasteiger partial charge in [0.15, 0.2) is 0 Å². The Kier molecular flexibility index (Phi) is 4.68. The molecule has 3 aromatic rings. The van der Waals surface area contributed by atoms with Crippen LogP contribution in [0.5, 0.6) is 0 Å². The molecule has 0 unspecified atom stereocenters. The Hall–Kier alpha value is -3.42. The summed E-state index contributed by atoms with van der Waals surface area (Å²) in [5.74, 6) is 0.904. The number of pyridine rings is 1. The maximum Gasteiger partial charge on any atom is 0.350 e. The lowest BCUT2D eigenvalue weighted by Crippen LogP contribution is -2.40. The monoisotopic (exact) mass is 378 g/mol. The summed E-state index contributed by atoms with van der Waals surface area (Å²) in [6.07, 6.45) is 3.25.